The summed E-state index contributed by atoms with van der Waals surface area (Å²) in [7, 11) is 0. The van der Waals surface area contributed by atoms with Crippen LogP contribution >= 0.6 is 0 Å². The first-order chi connectivity index (χ1) is 11.1. The van der Waals surface area contributed by atoms with Gasteiger partial charge in [0, 0.05) is 0 Å². The lowest BCUT2D eigenvalue weighted by Gasteiger charge is -2.24. The number of hydrogen-bond acceptors (Lipinski definition) is 1. The molecule has 4 atom stereocenters. The van der Waals surface area contributed by atoms with Crippen LogP contribution in [0.1, 0.15) is 63.5 Å². The van der Waals surface area contributed by atoms with Crippen molar-refractivity contribution in [1.29, 1.82) is 0 Å². The molecular weight excluding hydrogens is 280 g/mol. The predicted molar refractivity (Wildman–Crippen MR) is 99.0 cm³/mol. The minimum Gasteiger partial charge on any atom is -0.376 e. The third-order valence-corrected chi connectivity index (χ3v) is 4.57. The van der Waals surface area contributed by atoms with Crippen LogP contribution in [0.4, 0.5) is 0 Å². The van der Waals surface area contributed by atoms with Crippen molar-refractivity contribution in [3.05, 3.63) is 71.8 Å². The van der Waals surface area contributed by atoms with Gasteiger partial charge in [0.25, 0.3) is 0 Å². The van der Waals surface area contributed by atoms with Crippen molar-refractivity contribution < 1.29 is 4.74 Å². The highest BCUT2D eigenvalue weighted by molar-refractivity contribution is 5.19. The minimum absolute atomic E-state index is 0.281. The van der Waals surface area contributed by atoms with Crippen LogP contribution in [0.15, 0.2) is 60.7 Å². The van der Waals surface area contributed by atoms with Gasteiger partial charge in [-0.3, -0.25) is 0 Å². The van der Waals surface area contributed by atoms with Crippen LogP contribution in [0.2, 0.25) is 0 Å². The molecule has 0 radical (unpaired) electrons. The highest BCUT2D eigenvalue weighted by Crippen LogP contribution is 2.25. The molecule has 0 aliphatic rings. The van der Waals surface area contributed by atoms with Crippen LogP contribution in [-0.2, 0) is 4.74 Å². The fourth-order valence-corrected chi connectivity index (χ4v) is 3.34. The molecule has 1 heteroatoms. The molecular formula is C22H30O. The molecule has 0 saturated heterocycles. The highest BCUT2D eigenvalue weighted by atomic mass is 16.5. The number of benzene rings is 2. The van der Waals surface area contributed by atoms with Crippen molar-refractivity contribution >= 4 is 0 Å². The molecule has 0 aliphatic carbocycles. The Bertz CT molecular complexity index is 497. The molecule has 0 bridgehead atoms. The van der Waals surface area contributed by atoms with Crippen molar-refractivity contribution in [2.75, 3.05) is 0 Å². The van der Waals surface area contributed by atoms with Gasteiger partial charge in [-0.1, -0.05) is 74.5 Å². The van der Waals surface area contributed by atoms with E-state index in [4.69, 9.17) is 4.74 Å². The number of ether oxygens (including phenoxy) is 1. The summed E-state index contributed by atoms with van der Waals surface area (Å²) >= 11 is 0. The maximum atomic E-state index is 6.23. The Hall–Kier alpha value is -1.60. The summed E-state index contributed by atoms with van der Waals surface area (Å²) in [6, 6.07) is 21.4. The van der Waals surface area contributed by atoms with Gasteiger partial charge in [0.15, 0.2) is 0 Å². The van der Waals surface area contributed by atoms with E-state index in [1.807, 2.05) is 0 Å². The largest absolute Gasteiger partial charge is 0.376 e. The average molecular weight is 310 g/mol. The molecule has 124 valence electrons. The summed E-state index contributed by atoms with van der Waals surface area (Å²) in [6.45, 7) is 8.96. The van der Waals surface area contributed by atoms with Gasteiger partial charge in [-0.05, 0) is 49.7 Å². The van der Waals surface area contributed by atoms with E-state index in [-0.39, 0.29) is 12.2 Å². The summed E-state index contributed by atoms with van der Waals surface area (Å²) in [5, 5.41) is 0. The highest BCUT2D eigenvalue weighted by Gasteiger charge is 2.16. The van der Waals surface area contributed by atoms with Crippen molar-refractivity contribution in [1.82, 2.24) is 0 Å². The van der Waals surface area contributed by atoms with E-state index in [1.54, 1.807) is 0 Å². The first kappa shape index (κ1) is 17.7. The van der Waals surface area contributed by atoms with Crippen LogP contribution < -0.4 is 0 Å². The van der Waals surface area contributed by atoms with Crippen LogP contribution in [-0.4, -0.2) is 12.2 Å². The number of rotatable bonds is 8. The second kappa shape index (κ2) is 8.88. The van der Waals surface area contributed by atoms with Gasteiger partial charge in [0.05, 0.1) is 12.2 Å². The molecule has 2 rings (SSSR count). The summed E-state index contributed by atoms with van der Waals surface area (Å²) in [5.74, 6) is 1.06. The lowest BCUT2D eigenvalue weighted by Crippen LogP contribution is -2.20. The van der Waals surface area contributed by atoms with Gasteiger partial charge >= 0.3 is 0 Å². The first-order valence-electron chi connectivity index (χ1n) is 8.81. The molecule has 0 amide bonds. The van der Waals surface area contributed by atoms with Gasteiger partial charge < -0.3 is 4.74 Å². The average Bonchev–Trinajstić information content (AvgIpc) is 2.56. The lowest BCUT2D eigenvalue weighted by atomic mass is 9.94. The van der Waals surface area contributed by atoms with E-state index >= 15 is 0 Å². The normalized spacial score (nSPS) is 16.5. The van der Waals surface area contributed by atoms with E-state index < -0.39 is 0 Å². The van der Waals surface area contributed by atoms with E-state index in [0.29, 0.717) is 11.8 Å². The zero-order chi connectivity index (χ0) is 16.7. The predicted octanol–water partition coefficient (Wildman–Crippen LogP) is 6.17. The fraction of sp³-hybridized carbons (Fsp3) is 0.455. The third-order valence-electron chi connectivity index (χ3n) is 4.57. The first-order valence-corrected chi connectivity index (χ1v) is 8.81. The molecule has 0 spiro atoms. The molecule has 2 aromatic rings. The van der Waals surface area contributed by atoms with Crippen LogP contribution in [0.5, 0.6) is 0 Å². The van der Waals surface area contributed by atoms with Gasteiger partial charge in [-0.15, -0.1) is 0 Å². The van der Waals surface area contributed by atoms with Gasteiger partial charge in [-0.25, -0.2) is 0 Å². The van der Waals surface area contributed by atoms with E-state index in [9.17, 15) is 0 Å². The Labute approximate surface area is 141 Å². The molecule has 0 aliphatic heterocycles. The van der Waals surface area contributed by atoms with Gasteiger partial charge in [0.2, 0.25) is 0 Å². The van der Waals surface area contributed by atoms with Gasteiger partial charge in [-0.2, -0.15) is 0 Å². The van der Waals surface area contributed by atoms with Crippen molar-refractivity contribution in [2.45, 2.75) is 64.6 Å². The van der Waals surface area contributed by atoms with E-state index in [1.165, 1.54) is 11.1 Å². The smallest absolute Gasteiger partial charge is 0.0556 e. The molecule has 0 N–H and O–H groups in total. The molecule has 0 fully saturated rings. The Balaban J connectivity index is 1.79. The monoisotopic (exact) mass is 310 g/mol. The van der Waals surface area contributed by atoms with Crippen LogP contribution in [0, 0.1) is 0 Å². The second-order valence-corrected chi connectivity index (χ2v) is 6.85. The SMILES string of the molecule is CC(CC(C)c1ccccc1)OC(C)CC(C)c1ccccc1. The third kappa shape index (κ3) is 5.84. The Kier molecular flexibility index (Phi) is 6.85. The van der Waals surface area contributed by atoms with Crippen molar-refractivity contribution in [3.8, 4) is 0 Å². The van der Waals surface area contributed by atoms with E-state index in [0.717, 1.165) is 12.8 Å². The molecule has 23 heavy (non-hydrogen) atoms. The molecule has 1 nitrogen and oxygen atoms in total. The Morgan fingerprint density at radius 2 is 0.957 bits per heavy atom. The van der Waals surface area contributed by atoms with E-state index in [2.05, 4.69) is 88.4 Å². The maximum Gasteiger partial charge on any atom is 0.0556 e. The zero-order valence-corrected chi connectivity index (χ0v) is 14.9. The van der Waals surface area contributed by atoms with Crippen molar-refractivity contribution in [2.24, 2.45) is 0 Å². The molecule has 0 aromatic heterocycles. The summed E-state index contributed by atoms with van der Waals surface area (Å²) in [5.41, 5.74) is 2.79. The summed E-state index contributed by atoms with van der Waals surface area (Å²) < 4.78 is 6.23. The maximum absolute atomic E-state index is 6.23. The molecule has 0 heterocycles. The Morgan fingerprint density at radius 3 is 1.30 bits per heavy atom. The fourth-order valence-electron chi connectivity index (χ4n) is 3.34. The zero-order valence-electron chi connectivity index (χ0n) is 14.9. The quantitative estimate of drug-likeness (QED) is 0.566. The topological polar surface area (TPSA) is 9.23 Å². The second-order valence-electron chi connectivity index (χ2n) is 6.85. The van der Waals surface area contributed by atoms with Crippen LogP contribution in [0.3, 0.4) is 0 Å². The minimum atomic E-state index is 0.281. The molecule has 0 saturated carbocycles. The lowest BCUT2D eigenvalue weighted by molar-refractivity contribution is -0.00534. The molecule has 4 unspecified atom stereocenters. The van der Waals surface area contributed by atoms with Crippen molar-refractivity contribution in [3.63, 3.8) is 0 Å². The standard InChI is InChI=1S/C22H30O/c1-17(21-11-7-5-8-12-21)15-19(3)23-20(4)16-18(2)22-13-9-6-10-14-22/h5-14,17-20H,15-16H2,1-4H3. The number of hydrogen-bond donors (Lipinski definition) is 0. The summed E-state index contributed by atoms with van der Waals surface area (Å²) in [6.07, 6.45) is 2.69. The Morgan fingerprint density at radius 1 is 0.609 bits per heavy atom. The van der Waals surface area contributed by atoms with Gasteiger partial charge in [0.1, 0.15) is 0 Å². The van der Waals surface area contributed by atoms with Crippen LogP contribution in [0.25, 0.3) is 0 Å². The molecule has 2 aromatic carbocycles. The summed E-state index contributed by atoms with van der Waals surface area (Å²) in [4.78, 5) is 0.